The van der Waals surface area contributed by atoms with E-state index in [1.165, 1.54) is 15.6 Å². The zero-order valence-corrected chi connectivity index (χ0v) is 15.0. The van der Waals surface area contributed by atoms with Gasteiger partial charge >= 0.3 is 0 Å². The maximum atomic E-state index is 12.4. The lowest BCUT2D eigenvalue weighted by Gasteiger charge is -2.17. The summed E-state index contributed by atoms with van der Waals surface area (Å²) < 4.78 is 32.6. The number of sulfonamides is 1. The minimum Gasteiger partial charge on any atom is -0.492 e. The predicted octanol–water partition coefficient (Wildman–Crippen LogP) is 3.52. The molecule has 0 spiro atoms. The van der Waals surface area contributed by atoms with E-state index in [4.69, 9.17) is 4.74 Å². The minimum atomic E-state index is -3.47. The van der Waals surface area contributed by atoms with E-state index in [0.717, 1.165) is 11.3 Å². The van der Waals surface area contributed by atoms with Crippen LogP contribution >= 0.6 is 27.3 Å². The summed E-state index contributed by atoms with van der Waals surface area (Å²) in [6.45, 7) is 2.56. The zero-order chi connectivity index (χ0) is 15.5. The monoisotopic (exact) mass is 389 g/mol. The first kappa shape index (κ1) is 16.5. The summed E-state index contributed by atoms with van der Waals surface area (Å²) >= 11 is 4.46. The van der Waals surface area contributed by atoms with Gasteiger partial charge in [-0.25, -0.2) is 8.42 Å². The van der Waals surface area contributed by atoms with Crippen molar-refractivity contribution in [2.24, 2.45) is 0 Å². The van der Waals surface area contributed by atoms with Crippen molar-refractivity contribution in [2.45, 2.75) is 11.1 Å². The van der Waals surface area contributed by atoms with Crippen LogP contribution in [0.3, 0.4) is 0 Å². The summed E-state index contributed by atoms with van der Waals surface area (Å²) in [7, 11) is -1.91. The van der Waals surface area contributed by atoms with E-state index < -0.39 is 10.0 Å². The molecule has 0 amide bonds. The third-order valence-corrected chi connectivity index (χ3v) is 7.49. The number of ether oxygens (including phenoxy) is 1. The number of thiophene rings is 1. The number of likely N-dealkylation sites (N-methyl/N-ethyl adjacent to an activating group) is 1. The minimum absolute atomic E-state index is 0.293. The van der Waals surface area contributed by atoms with Gasteiger partial charge in [0.15, 0.2) is 0 Å². The van der Waals surface area contributed by atoms with Gasteiger partial charge in [0.2, 0.25) is 0 Å². The molecule has 1 aromatic carbocycles. The van der Waals surface area contributed by atoms with Crippen molar-refractivity contribution >= 4 is 37.3 Å². The first-order chi connectivity index (χ1) is 9.93. The lowest BCUT2D eigenvalue weighted by atomic mass is 10.2. The SMILES string of the molecule is Cc1ccccc1OCCN(C)S(=O)(=O)c1sccc1Br. The molecular weight excluding hydrogens is 374 g/mol. The second-order valence-corrected chi connectivity index (χ2v) is 8.51. The average molecular weight is 390 g/mol. The summed E-state index contributed by atoms with van der Waals surface area (Å²) in [6.07, 6.45) is 0. The number of hydrogen-bond donors (Lipinski definition) is 0. The molecule has 0 atom stereocenters. The number of rotatable bonds is 6. The molecule has 0 aliphatic carbocycles. The van der Waals surface area contributed by atoms with E-state index in [1.54, 1.807) is 18.5 Å². The topological polar surface area (TPSA) is 46.6 Å². The summed E-state index contributed by atoms with van der Waals surface area (Å²) in [5.74, 6) is 0.778. The molecule has 0 radical (unpaired) electrons. The molecule has 0 bridgehead atoms. The van der Waals surface area contributed by atoms with Gasteiger partial charge in [-0.15, -0.1) is 11.3 Å². The fourth-order valence-electron chi connectivity index (χ4n) is 1.73. The Morgan fingerprint density at radius 1 is 1.29 bits per heavy atom. The molecule has 7 heteroatoms. The number of hydrogen-bond acceptors (Lipinski definition) is 4. The first-order valence-electron chi connectivity index (χ1n) is 6.30. The lowest BCUT2D eigenvalue weighted by Crippen LogP contribution is -2.30. The lowest BCUT2D eigenvalue weighted by molar-refractivity contribution is 0.285. The van der Waals surface area contributed by atoms with Crippen LogP contribution < -0.4 is 4.74 Å². The Hall–Kier alpha value is -0.890. The number of nitrogens with zero attached hydrogens (tertiary/aromatic N) is 1. The molecule has 21 heavy (non-hydrogen) atoms. The molecule has 0 aliphatic rings. The average Bonchev–Trinajstić information content (AvgIpc) is 2.87. The molecule has 1 heterocycles. The Balaban J connectivity index is 1.98. The van der Waals surface area contributed by atoms with Gasteiger partial charge in [0, 0.05) is 18.1 Å². The van der Waals surface area contributed by atoms with Crippen molar-refractivity contribution in [3.05, 3.63) is 45.7 Å². The third kappa shape index (κ3) is 3.85. The van der Waals surface area contributed by atoms with Gasteiger partial charge in [-0.1, -0.05) is 18.2 Å². The van der Waals surface area contributed by atoms with Crippen molar-refractivity contribution in [3.8, 4) is 5.75 Å². The van der Waals surface area contributed by atoms with Crippen LogP contribution in [0, 0.1) is 6.92 Å². The highest BCUT2D eigenvalue weighted by molar-refractivity contribution is 9.10. The van der Waals surface area contributed by atoms with Crippen LogP contribution in [0.2, 0.25) is 0 Å². The Morgan fingerprint density at radius 3 is 2.62 bits per heavy atom. The van der Waals surface area contributed by atoms with E-state index in [9.17, 15) is 8.42 Å². The predicted molar refractivity (Wildman–Crippen MR) is 88.5 cm³/mol. The van der Waals surface area contributed by atoms with Crippen molar-refractivity contribution in [1.82, 2.24) is 4.31 Å². The molecule has 114 valence electrons. The van der Waals surface area contributed by atoms with Crippen molar-refractivity contribution in [3.63, 3.8) is 0 Å². The number of para-hydroxylation sites is 1. The van der Waals surface area contributed by atoms with Gasteiger partial charge < -0.3 is 4.74 Å². The van der Waals surface area contributed by atoms with Crippen molar-refractivity contribution < 1.29 is 13.2 Å². The summed E-state index contributed by atoms with van der Waals surface area (Å²) in [5.41, 5.74) is 1.03. The normalized spacial score (nSPS) is 11.8. The molecule has 0 fully saturated rings. The van der Waals surface area contributed by atoms with E-state index in [0.29, 0.717) is 21.8 Å². The second kappa shape index (κ2) is 6.91. The highest BCUT2D eigenvalue weighted by atomic mass is 79.9. The van der Waals surface area contributed by atoms with E-state index in [2.05, 4.69) is 15.9 Å². The maximum Gasteiger partial charge on any atom is 0.253 e. The van der Waals surface area contributed by atoms with E-state index in [1.807, 2.05) is 31.2 Å². The Morgan fingerprint density at radius 2 is 2.00 bits per heavy atom. The molecule has 0 saturated carbocycles. The molecule has 2 aromatic rings. The van der Waals surface area contributed by atoms with E-state index in [-0.39, 0.29) is 0 Å². The van der Waals surface area contributed by atoms with Crippen LogP contribution in [0.15, 0.2) is 44.4 Å². The number of halogens is 1. The molecule has 2 rings (SSSR count). The Labute approximate surface area is 137 Å². The van der Waals surface area contributed by atoms with E-state index >= 15 is 0 Å². The molecule has 0 N–H and O–H groups in total. The third-order valence-electron chi connectivity index (χ3n) is 2.99. The van der Waals surface area contributed by atoms with Gasteiger partial charge in [0.1, 0.15) is 16.6 Å². The zero-order valence-electron chi connectivity index (χ0n) is 11.7. The van der Waals surface area contributed by atoms with Gasteiger partial charge in [-0.3, -0.25) is 0 Å². The second-order valence-electron chi connectivity index (χ2n) is 4.50. The van der Waals surface area contributed by atoms with Gasteiger partial charge in [0.25, 0.3) is 10.0 Å². The van der Waals surface area contributed by atoms with Crippen LogP contribution in [-0.4, -0.2) is 32.9 Å². The highest BCUT2D eigenvalue weighted by Gasteiger charge is 2.24. The molecule has 0 unspecified atom stereocenters. The van der Waals surface area contributed by atoms with Crippen LogP contribution in [-0.2, 0) is 10.0 Å². The number of aryl methyl sites for hydroxylation is 1. The van der Waals surface area contributed by atoms with Crippen molar-refractivity contribution in [1.29, 1.82) is 0 Å². The van der Waals surface area contributed by atoms with Crippen LogP contribution in [0.5, 0.6) is 5.75 Å². The standard InChI is InChI=1S/C14H16BrNO3S2/c1-11-5-3-4-6-13(11)19-9-8-16(2)21(17,18)14-12(15)7-10-20-14/h3-7,10H,8-9H2,1-2H3. The first-order valence-corrected chi connectivity index (χ1v) is 9.42. The maximum absolute atomic E-state index is 12.4. The van der Waals surface area contributed by atoms with Gasteiger partial charge in [-0.2, -0.15) is 4.31 Å². The summed E-state index contributed by atoms with van der Waals surface area (Å²) in [6, 6.07) is 9.39. The smallest absolute Gasteiger partial charge is 0.253 e. The molecule has 0 saturated heterocycles. The van der Waals surface area contributed by atoms with Crippen LogP contribution in [0.4, 0.5) is 0 Å². The Bertz CT molecular complexity index is 713. The fourth-order valence-corrected chi connectivity index (χ4v) is 5.38. The van der Waals surface area contributed by atoms with Crippen LogP contribution in [0.25, 0.3) is 0 Å². The largest absolute Gasteiger partial charge is 0.492 e. The number of benzene rings is 1. The quantitative estimate of drug-likeness (QED) is 0.758. The fraction of sp³-hybridized carbons (Fsp3) is 0.286. The summed E-state index contributed by atoms with van der Waals surface area (Å²) in [4.78, 5) is 0. The Kier molecular flexibility index (Phi) is 5.43. The van der Waals surface area contributed by atoms with Crippen LogP contribution in [0.1, 0.15) is 5.56 Å². The summed E-state index contributed by atoms with van der Waals surface area (Å²) in [5, 5.41) is 1.74. The highest BCUT2D eigenvalue weighted by Crippen LogP contribution is 2.29. The molecule has 0 aliphatic heterocycles. The van der Waals surface area contributed by atoms with Gasteiger partial charge in [0.05, 0.1) is 0 Å². The molecular formula is C14H16BrNO3S2. The van der Waals surface area contributed by atoms with Crippen molar-refractivity contribution in [2.75, 3.05) is 20.2 Å². The van der Waals surface area contributed by atoms with Gasteiger partial charge in [-0.05, 0) is 45.9 Å². The molecule has 1 aromatic heterocycles. The molecule has 4 nitrogen and oxygen atoms in total.